The molecule has 0 spiro atoms. The molecule has 0 aromatic carbocycles. The van der Waals surface area contributed by atoms with Crippen LogP contribution in [-0.2, 0) is 9.84 Å². The highest BCUT2D eigenvalue weighted by molar-refractivity contribution is 7.91. The fourth-order valence-electron chi connectivity index (χ4n) is 1.66. The highest BCUT2D eigenvalue weighted by Gasteiger charge is 2.30. The smallest absolute Gasteiger partial charge is 0.151 e. The standard InChI is InChI=1S/C8H17NO4S/c1-9(4-8(11)5-10)7-2-3-14(12,13)6-7/h7-8,10-11H,2-6H2,1H3. The highest BCUT2D eigenvalue weighted by Crippen LogP contribution is 2.16. The first-order valence-corrected chi connectivity index (χ1v) is 6.46. The number of rotatable bonds is 4. The molecule has 1 rings (SSSR count). The second kappa shape index (κ2) is 4.57. The van der Waals surface area contributed by atoms with E-state index in [0.717, 1.165) is 0 Å². The van der Waals surface area contributed by atoms with E-state index in [0.29, 0.717) is 13.0 Å². The summed E-state index contributed by atoms with van der Waals surface area (Å²) in [5, 5.41) is 17.8. The minimum absolute atomic E-state index is 0.0128. The molecule has 84 valence electrons. The lowest BCUT2D eigenvalue weighted by atomic mass is 10.2. The van der Waals surface area contributed by atoms with E-state index < -0.39 is 15.9 Å². The summed E-state index contributed by atoms with van der Waals surface area (Å²) in [5.74, 6) is 0.402. The monoisotopic (exact) mass is 223 g/mol. The normalized spacial score (nSPS) is 28.1. The summed E-state index contributed by atoms with van der Waals surface area (Å²) in [7, 11) is -1.10. The van der Waals surface area contributed by atoms with Crippen molar-refractivity contribution in [3.05, 3.63) is 0 Å². The maximum atomic E-state index is 11.2. The second-order valence-electron chi connectivity index (χ2n) is 3.83. The van der Waals surface area contributed by atoms with Crippen LogP contribution in [0.2, 0.25) is 0 Å². The lowest BCUT2D eigenvalue weighted by Gasteiger charge is -2.24. The van der Waals surface area contributed by atoms with Gasteiger partial charge in [-0.05, 0) is 13.5 Å². The molecule has 2 unspecified atom stereocenters. The van der Waals surface area contributed by atoms with Crippen molar-refractivity contribution in [1.82, 2.24) is 4.90 Å². The molecule has 0 aliphatic carbocycles. The molecular weight excluding hydrogens is 206 g/mol. The third-order valence-corrected chi connectivity index (χ3v) is 4.29. The van der Waals surface area contributed by atoms with Crippen LogP contribution < -0.4 is 0 Å². The number of nitrogens with zero attached hydrogens (tertiary/aromatic N) is 1. The van der Waals surface area contributed by atoms with Crippen molar-refractivity contribution >= 4 is 9.84 Å². The van der Waals surface area contributed by atoms with Gasteiger partial charge < -0.3 is 10.2 Å². The van der Waals surface area contributed by atoms with Gasteiger partial charge in [0.2, 0.25) is 0 Å². The first kappa shape index (κ1) is 11.9. The number of hydrogen-bond donors (Lipinski definition) is 2. The van der Waals surface area contributed by atoms with E-state index in [1.165, 1.54) is 0 Å². The van der Waals surface area contributed by atoms with Crippen molar-refractivity contribution in [2.75, 3.05) is 31.7 Å². The average molecular weight is 223 g/mol. The SMILES string of the molecule is CN(CC(O)CO)C1CCS(=O)(=O)C1. The number of likely N-dealkylation sites (N-methyl/N-ethyl adjacent to an activating group) is 1. The lowest BCUT2D eigenvalue weighted by Crippen LogP contribution is -2.39. The summed E-state index contributed by atoms with van der Waals surface area (Å²) in [6.45, 7) is 0.0283. The van der Waals surface area contributed by atoms with Crippen LogP contribution in [0.15, 0.2) is 0 Å². The summed E-state index contributed by atoms with van der Waals surface area (Å²) in [6, 6.07) is -0.0128. The number of aliphatic hydroxyl groups excluding tert-OH is 2. The minimum atomic E-state index is -2.87. The molecule has 2 N–H and O–H groups in total. The van der Waals surface area contributed by atoms with Crippen molar-refractivity contribution in [1.29, 1.82) is 0 Å². The molecule has 1 aliphatic rings. The first-order chi connectivity index (χ1) is 6.44. The predicted molar refractivity (Wildman–Crippen MR) is 52.8 cm³/mol. The second-order valence-corrected chi connectivity index (χ2v) is 6.06. The van der Waals surface area contributed by atoms with Gasteiger partial charge in [0.05, 0.1) is 24.2 Å². The minimum Gasteiger partial charge on any atom is -0.394 e. The van der Waals surface area contributed by atoms with Gasteiger partial charge in [-0.25, -0.2) is 8.42 Å². The Hall–Kier alpha value is -0.170. The summed E-state index contributed by atoms with van der Waals surface area (Å²) in [4.78, 5) is 1.80. The molecule has 0 aromatic rings. The Bertz CT molecular complexity index is 277. The van der Waals surface area contributed by atoms with Crippen LogP contribution in [0.1, 0.15) is 6.42 Å². The molecule has 6 heteroatoms. The summed E-state index contributed by atoms with van der Waals surface area (Å²) in [5.41, 5.74) is 0. The fraction of sp³-hybridized carbons (Fsp3) is 1.00. The van der Waals surface area contributed by atoms with Crippen molar-refractivity contribution in [3.8, 4) is 0 Å². The first-order valence-electron chi connectivity index (χ1n) is 4.64. The van der Waals surface area contributed by atoms with E-state index in [2.05, 4.69) is 0 Å². The van der Waals surface area contributed by atoms with E-state index >= 15 is 0 Å². The zero-order valence-corrected chi connectivity index (χ0v) is 9.07. The summed E-state index contributed by atoms with van der Waals surface area (Å²) < 4.78 is 22.3. The molecule has 2 atom stereocenters. The molecule has 0 saturated carbocycles. The van der Waals surface area contributed by atoms with Crippen LogP contribution in [0, 0.1) is 0 Å². The van der Waals surface area contributed by atoms with Crippen LogP contribution in [0.5, 0.6) is 0 Å². The van der Waals surface area contributed by atoms with Crippen molar-refractivity contribution < 1.29 is 18.6 Å². The van der Waals surface area contributed by atoms with Crippen LogP contribution >= 0.6 is 0 Å². The van der Waals surface area contributed by atoms with Crippen LogP contribution in [0.3, 0.4) is 0 Å². The Balaban J connectivity index is 2.43. The Morgan fingerprint density at radius 1 is 1.57 bits per heavy atom. The third kappa shape index (κ3) is 3.20. The van der Waals surface area contributed by atoms with Crippen molar-refractivity contribution in [3.63, 3.8) is 0 Å². The van der Waals surface area contributed by atoms with Gasteiger partial charge in [0.1, 0.15) is 0 Å². The fourth-order valence-corrected chi connectivity index (χ4v) is 3.47. The molecule has 0 bridgehead atoms. The van der Waals surface area contributed by atoms with E-state index in [1.54, 1.807) is 11.9 Å². The van der Waals surface area contributed by atoms with Crippen molar-refractivity contribution in [2.24, 2.45) is 0 Å². The van der Waals surface area contributed by atoms with E-state index in [4.69, 9.17) is 5.11 Å². The maximum Gasteiger partial charge on any atom is 0.151 e. The van der Waals surface area contributed by atoms with Gasteiger partial charge in [0.15, 0.2) is 9.84 Å². The third-order valence-electron chi connectivity index (χ3n) is 2.54. The van der Waals surface area contributed by atoms with E-state index in [9.17, 15) is 13.5 Å². The molecule has 1 aliphatic heterocycles. The summed E-state index contributed by atoms with van der Waals surface area (Å²) >= 11 is 0. The van der Waals surface area contributed by atoms with Gasteiger partial charge in [-0.1, -0.05) is 0 Å². The van der Waals surface area contributed by atoms with Crippen LogP contribution in [-0.4, -0.2) is 67.4 Å². The zero-order chi connectivity index (χ0) is 10.8. The van der Waals surface area contributed by atoms with Gasteiger partial charge >= 0.3 is 0 Å². The molecule has 1 saturated heterocycles. The van der Waals surface area contributed by atoms with Gasteiger partial charge in [-0.15, -0.1) is 0 Å². The molecule has 5 nitrogen and oxygen atoms in total. The largest absolute Gasteiger partial charge is 0.394 e. The van der Waals surface area contributed by atoms with E-state index in [-0.39, 0.29) is 24.2 Å². The zero-order valence-electron chi connectivity index (χ0n) is 8.26. The van der Waals surface area contributed by atoms with Gasteiger partial charge in [0.25, 0.3) is 0 Å². The van der Waals surface area contributed by atoms with Gasteiger partial charge in [0, 0.05) is 12.6 Å². The van der Waals surface area contributed by atoms with Crippen LogP contribution in [0.4, 0.5) is 0 Å². The number of sulfone groups is 1. The number of hydrogen-bond acceptors (Lipinski definition) is 5. The molecule has 0 amide bonds. The van der Waals surface area contributed by atoms with Crippen molar-refractivity contribution in [2.45, 2.75) is 18.6 Å². The Labute approximate surface area is 84.3 Å². The summed E-state index contributed by atoms with van der Waals surface area (Å²) in [6.07, 6.45) is -0.167. The number of aliphatic hydroxyl groups is 2. The molecule has 0 radical (unpaired) electrons. The molecule has 1 fully saturated rings. The van der Waals surface area contributed by atoms with Crippen LogP contribution in [0.25, 0.3) is 0 Å². The Kier molecular flexibility index (Phi) is 3.88. The average Bonchev–Trinajstić information content (AvgIpc) is 2.46. The maximum absolute atomic E-state index is 11.2. The lowest BCUT2D eigenvalue weighted by molar-refractivity contribution is 0.0575. The van der Waals surface area contributed by atoms with E-state index in [1.807, 2.05) is 0 Å². The molecule has 14 heavy (non-hydrogen) atoms. The molecule has 0 aromatic heterocycles. The Morgan fingerprint density at radius 3 is 2.64 bits per heavy atom. The quantitative estimate of drug-likeness (QED) is 0.604. The predicted octanol–water partition coefficient (Wildman–Crippen LogP) is -1.54. The highest BCUT2D eigenvalue weighted by atomic mass is 32.2. The molecular formula is C8H17NO4S. The van der Waals surface area contributed by atoms with Gasteiger partial charge in [-0.2, -0.15) is 0 Å². The molecule has 1 heterocycles. The van der Waals surface area contributed by atoms with Gasteiger partial charge in [-0.3, -0.25) is 4.90 Å². The topological polar surface area (TPSA) is 77.8 Å². The Morgan fingerprint density at radius 2 is 2.21 bits per heavy atom.